The van der Waals surface area contributed by atoms with Crippen molar-refractivity contribution in [3.63, 3.8) is 0 Å². The van der Waals surface area contributed by atoms with Crippen molar-refractivity contribution in [3.05, 3.63) is 110 Å². The van der Waals surface area contributed by atoms with Gasteiger partial charge in [-0.15, -0.1) is 0 Å². The zero-order valence-electron chi connectivity index (χ0n) is 22.6. The van der Waals surface area contributed by atoms with Crippen LogP contribution in [0.2, 0.25) is 0 Å². The van der Waals surface area contributed by atoms with Crippen LogP contribution in [0.1, 0.15) is 34.6 Å². The van der Waals surface area contributed by atoms with Gasteiger partial charge in [0.15, 0.2) is 12.2 Å². The molecule has 0 aromatic heterocycles. The van der Waals surface area contributed by atoms with Crippen molar-refractivity contribution in [2.75, 3.05) is 26.4 Å². The summed E-state index contributed by atoms with van der Waals surface area (Å²) in [6.45, 7) is 9.81. The van der Waals surface area contributed by atoms with Crippen LogP contribution in [-0.4, -0.2) is 62.5 Å². The number of hydrogen-bond acceptors (Lipinski definition) is 10. The van der Waals surface area contributed by atoms with Crippen molar-refractivity contribution >= 4 is 23.9 Å². The largest absolute Gasteiger partial charge is 0.498 e. The maximum Gasteiger partial charge on any atom is 0.338 e. The van der Waals surface area contributed by atoms with E-state index in [0.717, 1.165) is 0 Å². The van der Waals surface area contributed by atoms with Gasteiger partial charge in [0.05, 0.1) is 23.7 Å². The van der Waals surface area contributed by atoms with Crippen molar-refractivity contribution in [1.82, 2.24) is 0 Å². The molecular weight excluding hydrogens is 520 g/mol. The Kier molecular flexibility index (Phi) is 16.7. The standard InChI is InChI=1S/C30H34O10/c1-5-9-11-13-27(31)37-21-25(19-35-7-3)39-29(33)23-15-17-24(18-16-23)30(34)40-26(20-36-8-4)22-38-28(32)14-12-10-6-2/h5-18,25-26H,3-4,19-22H2,1-2H3/b9-5+,10-6+,13-11+,14-12+. The van der Waals surface area contributed by atoms with Crippen LogP contribution >= 0.6 is 0 Å². The zero-order valence-corrected chi connectivity index (χ0v) is 22.6. The Morgan fingerprint density at radius 3 is 1.35 bits per heavy atom. The van der Waals surface area contributed by atoms with Gasteiger partial charge in [0.1, 0.15) is 26.4 Å². The number of allylic oxidation sites excluding steroid dienone is 6. The molecule has 0 saturated heterocycles. The summed E-state index contributed by atoms with van der Waals surface area (Å²) < 4.78 is 31.1. The predicted molar refractivity (Wildman–Crippen MR) is 147 cm³/mol. The minimum atomic E-state index is -0.907. The number of hydrogen-bond donors (Lipinski definition) is 0. The second-order valence-corrected chi connectivity index (χ2v) is 7.66. The number of esters is 4. The molecule has 2 atom stereocenters. The van der Waals surface area contributed by atoms with Crippen molar-refractivity contribution < 1.29 is 47.6 Å². The lowest BCUT2D eigenvalue weighted by Gasteiger charge is -2.18. The van der Waals surface area contributed by atoms with Gasteiger partial charge in [0, 0.05) is 12.2 Å². The fourth-order valence-corrected chi connectivity index (χ4v) is 2.70. The van der Waals surface area contributed by atoms with Gasteiger partial charge < -0.3 is 28.4 Å². The van der Waals surface area contributed by atoms with Crippen LogP contribution in [0, 0.1) is 0 Å². The zero-order chi connectivity index (χ0) is 29.6. The predicted octanol–water partition coefficient (Wildman–Crippen LogP) is 4.41. The molecule has 0 aliphatic rings. The first-order valence-corrected chi connectivity index (χ1v) is 12.2. The monoisotopic (exact) mass is 554 g/mol. The molecule has 214 valence electrons. The van der Waals surface area contributed by atoms with Crippen LogP contribution < -0.4 is 0 Å². The van der Waals surface area contributed by atoms with Gasteiger partial charge in [-0.1, -0.05) is 49.6 Å². The second-order valence-electron chi connectivity index (χ2n) is 7.66. The third-order valence-electron chi connectivity index (χ3n) is 4.60. The first-order valence-electron chi connectivity index (χ1n) is 12.2. The lowest BCUT2D eigenvalue weighted by atomic mass is 10.1. The SMILES string of the molecule is C=COCC(COC(=O)/C=C/C=C/C)OC(=O)c1ccc(C(=O)OC(COC=C)COC(=O)/C=C/C=C/C)cc1. The molecule has 1 aromatic carbocycles. The fraction of sp³-hybridized carbons (Fsp3) is 0.267. The molecule has 0 amide bonds. The van der Waals surface area contributed by atoms with Crippen molar-refractivity contribution in [2.45, 2.75) is 26.1 Å². The van der Waals surface area contributed by atoms with Gasteiger partial charge in [-0.25, -0.2) is 19.2 Å². The number of ether oxygens (including phenoxy) is 6. The van der Waals surface area contributed by atoms with Crippen molar-refractivity contribution in [3.8, 4) is 0 Å². The summed E-state index contributed by atoms with van der Waals surface area (Å²) >= 11 is 0. The van der Waals surface area contributed by atoms with Gasteiger partial charge in [-0.05, 0) is 38.1 Å². The Bertz CT molecular complexity index is 1010. The molecule has 10 heteroatoms. The molecule has 1 aromatic rings. The molecule has 0 N–H and O–H groups in total. The van der Waals surface area contributed by atoms with E-state index in [1.807, 2.05) is 0 Å². The van der Waals surface area contributed by atoms with E-state index in [2.05, 4.69) is 13.2 Å². The normalized spacial score (nSPS) is 12.7. The molecule has 1 rings (SSSR count). The molecule has 0 heterocycles. The Hall–Kier alpha value is -4.86. The number of carbonyl (C=O) groups is 4. The highest BCUT2D eigenvalue weighted by atomic mass is 16.6. The van der Waals surface area contributed by atoms with Crippen LogP contribution in [0.4, 0.5) is 0 Å². The van der Waals surface area contributed by atoms with Crippen LogP contribution in [0.25, 0.3) is 0 Å². The van der Waals surface area contributed by atoms with Crippen LogP contribution in [-0.2, 0) is 38.0 Å². The minimum absolute atomic E-state index is 0.0880. The molecule has 0 bridgehead atoms. The van der Waals surface area contributed by atoms with Gasteiger partial charge in [0.25, 0.3) is 0 Å². The molecule has 40 heavy (non-hydrogen) atoms. The number of carbonyl (C=O) groups excluding carboxylic acids is 4. The van der Waals surface area contributed by atoms with Crippen LogP contribution in [0.3, 0.4) is 0 Å². The molecular formula is C30H34O10. The highest BCUT2D eigenvalue weighted by molar-refractivity contribution is 5.93. The molecule has 0 radical (unpaired) electrons. The van der Waals surface area contributed by atoms with Crippen molar-refractivity contribution in [2.24, 2.45) is 0 Å². The minimum Gasteiger partial charge on any atom is -0.498 e. The van der Waals surface area contributed by atoms with Gasteiger partial charge in [-0.2, -0.15) is 0 Å². The molecule has 0 saturated carbocycles. The molecule has 10 nitrogen and oxygen atoms in total. The first kappa shape index (κ1) is 33.2. The average molecular weight is 555 g/mol. The van der Waals surface area contributed by atoms with E-state index in [4.69, 9.17) is 28.4 Å². The highest BCUT2D eigenvalue weighted by Gasteiger charge is 2.21. The van der Waals surface area contributed by atoms with Crippen LogP contribution in [0.5, 0.6) is 0 Å². The summed E-state index contributed by atoms with van der Waals surface area (Å²) in [5.74, 6) is -2.68. The van der Waals surface area contributed by atoms with E-state index in [0.29, 0.717) is 0 Å². The average Bonchev–Trinajstić information content (AvgIpc) is 2.96. The van der Waals surface area contributed by atoms with E-state index in [1.165, 1.54) is 61.1 Å². The molecule has 0 aliphatic heterocycles. The molecule has 0 spiro atoms. The fourth-order valence-electron chi connectivity index (χ4n) is 2.70. The lowest BCUT2D eigenvalue weighted by Crippen LogP contribution is -2.29. The summed E-state index contributed by atoms with van der Waals surface area (Å²) in [5.41, 5.74) is 0.265. The molecule has 0 aliphatic carbocycles. The van der Waals surface area contributed by atoms with Gasteiger partial charge in [-0.3, -0.25) is 0 Å². The summed E-state index contributed by atoms with van der Waals surface area (Å²) in [7, 11) is 0. The van der Waals surface area contributed by atoms with Crippen LogP contribution in [0.15, 0.2) is 98.6 Å². The third kappa shape index (κ3) is 14.2. The summed E-state index contributed by atoms with van der Waals surface area (Å²) in [5, 5.41) is 0. The topological polar surface area (TPSA) is 124 Å². The Morgan fingerprint density at radius 1 is 0.650 bits per heavy atom. The maximum absolute atomic E-state index is 12.6. The number of benzene rings is 1. The van der Waals surface area contributed by atoms with E-state index < -0.39 is 36.1 Å². The van der Waals surface area contributed by atoms with Crippen molar-refractivity contribution in [1.29, 1.82) is 0 Å². The Labute approximate surface area is 233 Å². The Morgan fingerprint density at radius 2 is 1.02 bits per heavy atom. The highest BCUT2D eigenvalue weighted by Crippen LogP contribution is 2.11. The molecule has 0 fully saturated rings. The summed E-state index contributed by atoms with van der Waals surface area (Å²) in [4.78, 5) is 48.8. The quantitative estimate of drug-likeness (QED) is 0.0847. The first-order chi connectivity index (χ1) is 19.3. The summed E-state index contributed by atoms with van der Waals surface area (Å²) in [6, 6.07) is 5.49. The third-order valence-corrected chi connectivity index (χ3v) is 4.60. The lowest BCUT2D eigenvalue weighted by molar-refractivity contribution is -0.142. The van der Waals surface area contributed by atoms with E-state index in [-0.39, 0.29) is 37.6 Å². The van der Waals surface area contributed by atoms with Gasteiger partial charge >= 0.3 is 23.9 Å². The van der Waals surface area contributed by atoms with E-state index in [9.17, 15) is 19.2 Å². The Balaban J connectivity index is 2.77. The van der Waals surface area contributed by atoms with E-state index in [1.54, 1.807) is 38.2 Å². The maximum atomic E-state index is 12.6. The smallest absolute Gasteiger partial charge is 0.338 e. The molecule has 2 unspecified atom stereocenters. The number of rotatable bonds is 18. The summed E-state index contributed by atoms with van der Waals surface area (Å²) in [6.07, 6.45) is 12.8. The van der Waals surface area contributed by atoms with Gasteiger partial charge in [0.2, 0.25) is 0 Å². The van der Waals surface area contributed by atoms with E-state index >= 15 is 0 Å². The second kappa shape index (κ2) is 20.1.